The van der Waals surface area contributed by atoms with Crippen molar-refractivity contribution < 1.29 is 12.8 Å². The number of aromatic nitrogens is 2. The van der Waals surface area contributed by atoms with Gasteiger partial charge in [-0.3, -0.25) is 4.79 Å². The van der Waals surface area contributed by atoms with Crippen LogP contribution in [0.1, 0.15) is 0 Å². The van der Waals surface area contributed by atoms with Crippen LogP contribution in [0.15, 0.2) is 70.5 Å². The van der Waals surface area contributed by atoms with Crippen LogP contribution in [-0.2, 0) is 9.84 Å². The maximum atomic E-state index is 13.1. The summed E-state index contributed by atoms with van der Waals surface area (Å²) in [5.74, 6) is -0.394. The third kappa shape index (κ3) is 3.11. The molecule has 5 nitrogen and oxygen atoms in total. The van der Waals surface area contributed by atoms with Gasteiger partial charge in [0.05, 0.1) is 16.1 Å². The van der Waals surface area contributed by atoms with Crippen molar-refractivity contribution >= 4 is 9.84 Å². The lowest BCUT2D eigenvalue weighted by Gasteiger charge is -2.08. The Labute approximate surface area is 137 Å². The summed E-state index contributed by atoms with van der Waals surface area (Å²) in [4.78, 5) is 12.8. The molecule has 7 heteroatoms. The molecule has 3 aromatic rings. The predicted molar refractivity (Wildman–Crippen MR) is 88.3 cm³/mol. The van der Waals surface area contributed by atoms with Gasteiger partial charge in [-0.25, -0.2) is 12.8 Å². The van der Waals surface area contributed by atoms with Crippen molar-refractivity contribution in [3.05, 3.63) is 77.0 Å². The highest BCUT2D eigenvalue weighted by Gasteiger charge is 2.12. The molecule has 0 saturated carbocycles. The Balaban J connectivity index is 2.16. The van der Waals surface area contributed by atoms with E-state index < -0.39 is 21.2 Å². The molecule has 122 valence electrons. The van der Waals surface area contributed by atoms with Crippen molar-refractivity contribution in [3.63, 3.8) is 0 Å². The Morgan fingerprint density at radius 2 is 1.75 bits per heavy atom. The molecule has 0 atom stereocenters. The molecule has 1 heterocycles. The molecule has 3 rings (SSSR count). The van der Waals surface area contributed by atoms with Crippen LogP contribution >= 0.6 is 0 Å². The Kier molecular flexibility index (Phi) is 4.02. The second-order valence-electron chi connectivity index (χ2n) is 5.24. The van der Waals surface area contributed by atoms with Gasteiger partial charge in [0.25, 0.3) is 5.56 Å². The first kappa shape index (κ1) is 16.1. The van der Waals surface area contributed by atoms with Crippen LogP contribution in [-0.4, -0.2) is 24.5 Å². The number of hydrogen-bond acceptors (Lipinski definition) is 4. The van der Waals surface area contributed by atoms with E-state index in [2.05, 4.69) is 5.10 Å². The van der Waals surface area contributed by atoms with Crippen LogP contribution in [0.2, 0.25) is 0 Å². The maximum absolute atomic E-state index is 13.1. The third-order valence-electron chi connectivity index (χ3n) is 3.49. The summed E-state index contributed by atoms with van der Waals surface area (Å²) in [6.07, 6.45) is 2.53. The summed E-state index contributed by atoms with van der Waals surface area (Å²) >= 11 is 0. The average molecular weight is 344 g/mol. The zero-order chi connectivity index (χ0) is 17.3. The fourth-order valence-electron chi connectivity index (χ4n) is 2.29. The van der Waals surface area contributed by atoms with Gasteiger partial charge in [0, 0.05) is 12.5 Å². The summed E-state index contributed by atoms with van der Waals surface area (Å²) in [6.45, 7) is 0. The van der Waals surface area contributed by atoms with Gasteiger partial charge in [-0.1, -0.05) is 18.2 Å². The molecular formula is C17H13FN2O3S. The number of nitrogens with zero attached hydrogens (tertiary/aromatic N) is 2. The van der Waals surface area contributed by atoms with E-state index in [1.54, 1.807) is 12.1 Å². The van der Waals surface area contributed by atoms with Crippen molar-refractivity contribution in [3.8, 4) is 16.8 Å². The zero-order valence-electron chi connectivity index (χ0n) is 12.7. The SMILES string of the molecule is CS(=O)(=O)c1cccc(-n2nccc(-c3ccc(F)cc3)c2=O)c1. The van der Waals surface area contributed by atoms with Crippen molar-refractivity contribution in [2.24, 2.45) is 0 Å². The first-order valence-electron chi connectivity index (χ1n) is 7.01. The largest absolute Gasteiger partial charge is 0.279 e. The summed E-state index contributed by atoms with van der Waals surface area (Å²) in [7, 11) is -3.40. The summed E-state index contributed by atoms with van der Waals surface area (Å²) < 4.78 is 37.5. The lowest BCUT2D eigenvalue weighted by atomic mass is 10.1. The van der Waals surface area contributed by atoms with Crippen molar-refractivity contribution in [2.45, 2.75) is 4.90 Å². The highest BCUT2D eigenvalue weighted by atomic mass is 32.2. The van der Waals surface area contributed by atoms with Crippen molar-refractivity contribution in [1.82, 2.24) is 9.78 Å². The molecule has 0 saturated heterocycles. The normalized spacial score (nSPS) is 11.4. The highest BCUT2D eigenvalue weighted by molar-refractivity contribution is 7.90. The molecule has 0 aliphatic carbocycles. The predicted octanol–water partition coefficient (Wildman–Crippen LogP) is 2.44. The highest BCUT2D eigenvalue weighted by Crippen LogP contribution is 2.17. The van der Waals surface area contributed by atoms with Crippen LogP contribution in [0.3, 0.4) is 0 Å². The quantitative estimate of drug-likeness (QED) is 0.732. The van der Waals surface area contributed by atoms with Crippen LogP contribution in [0, 0.1) is 5.82 Å². The molecule has 0 unspecified atom stereocenters. The minimum absolute atomic E-state index is 0.0980. The van der Waals surface area contributed by atoms with Gasteiger partial charge >= 0.3 is 0 Å². The number of sulfone groups is 1. The molecule has 2 aromatic carbocycles. The number of rotatable bonds is 3. The average Bonchev–Trinajstić information content (AvgIpc) is 2.55. The van der Waals surface area contributed by atoms with E-state index in [1.807, 2.05) is 0 Å². The first-order valence-corrected chi connectivity index (χ1v) is 8.90. The van der Waals surface area contributed by atoms with Gasteiger partial charge in [0.15, 0.2) is 9.84 Å². The molecule has 1 aromatic heterocycles. The van der Waals surface area contributed by atoms with Gasteiger partial charge in [0.1, 0.15) is 5.82 Å². The Hall–Kier alpha value is -2.80. The summed E-state index contributed by atoms with van der Waals surface area (Å²) in [5, 5.41) is 4.01. The van der Waals surface area contributed by atoms with Crippen molar-refractivity contribution in [1.29, 1.82) is 0 Å². The molecule has 0 N–H and O–H groups in total. The fourth-order valence-corrected chi connectivity index (χ4v) is 2.95. The van der Waals surface area contributed by atoms with E-state index in [-0.39, 0.29) is 4.90 Å². The zero-order valence-corrected chi connectivity index (χ0v) is 13.5. The number of halogens is 1. The van der Waals surface area contributed by atoms with Gasteiger partial charge in [-0.05, 0) is 42.0 Å². The smallest absolute Gasteiger partial charge is 0.267 e. The standard InChI is InChI=1S/C17H13FN2O3S/c1-24(22,23)15-4-2-3-14(11-15)20-17(21)16(9-10-19-20)12-5-7-13(18)8-6-12/h2-11H,1H3. The molecule has 0 bridgehead atoms. The van der Waals surface area contributed by atoms with E-state index in [0.29, 0.717) is 16.8 Å². The topological polar surface area (TPSA) is 69.0 Å². The maximum Gasteiger partial charge on any atom is 0.279 e. The molecule has 0 spiro atoms. The van der Waals surface area contributed by atoms with Crippen LogP contribution in [0.4, 0.5) is 4.39 Å². The lowest BCUT2D eigenvalue weighted by Crippen LogP contribution is -2.22. The van der Waals surface area contributed by atoms with Gasteiger partial charge in [-0.15, -0.1) is 0 Å². The number of benzene rings is 2. The monoisotopic (exact) mass is 344 g/mol. The van der Waals surface area contributed by atoms with E-state index in [1.165, 1.54) is 48.7 Å². The van der Waals surface area contributed by atoms with Gasteiger partial charge in [-0.2, -0.15) is 9.78 Å². The Morgan fingerprint density at radius 1 is 1.04 bits per heavy atom. The van der Waals surface area contributed by atoms with Crippen LogP contribution in [0.5, 0.6) is 0 Å². The van der Waals surface area contributed by atoms with Crippen LogP contribution < -0.4 is 5.56 Å². The van der Waals surface area contributed by atoms with Crippen molar-refractivity contribution in [2.75, 3.05) is 6.26 Å². The molecule has 0 fully saturated rings. The molecule has 0 amide bonds. The molecular weight excluding hydrogens is 331 g/mol. The molecule has 0 aliphatic heterocycles. The second kappa shape index (κ2) is 6.01. The van der Waals surface area contributed by atoms with Crippen LogP contribution in [0.25, 0.3) is 16.8 Å². The lowest BCUT2D eigenvalue weighted by molar-refractivity contribution is 0.601. The van der Waals surface area contributed by atoms with E-state index >= 15 is 0 Å². The number of hydrogen-bond donors (Lipinski definition) is 0. The van der Waals surface area contributed by atoms with Gasteiger partial charge < -0.3 is 0 Å². The summed E-state index contributed by atoms with van der Waals surface area (Å²) in [5.41, 5.74) is 0.813. The molecule has 0 aliphatic rings. The second-order valence-corrected chi connectivity index (χ2v) is 7.25. The third-order valence-corrected chi connectivity index (χ3v) is 4.60. The Morgan fingerprint density at radius 3 is 2.42 bits per heavy atom. The minimum atomic E-state index is -3.40. The Bertz CT molecular complexity index is 1060. The molecule has 24 heavy (non-hydrogen) atoms. The minimum Gasteiger partial charge on any atom is -0.267 e. The van der Waals surface area contributed by atoms with E-state index in [9.17, 15) is 17.6 Å². The van der Waals surface area contributed by atoms with E-state index in [0.717, 1.165) is 10.9 Å². The van der Waals surface area contributed by atoms with Gasteiger partial charge in [0.2, 0.25) is 0 Å². The first-order chi connectivity index (χ1) is 11.4. The molecule has 0 radical (unpaired) electrons. The fraction of sp³-hybridized carbons (Fsp3) is 0.0588. The summed E-state index contributed by atoms with van der Waals surface area (Å²) in [6, 6.07) is 13.1. The van der Waals surface area contributed by atoms with E-state index in [4.69, 9.17) is 0 Å².